The van der Waals surface area contributed by atoms with Crippen LogP contribution in [0, 0.1) is 0 Å². The molecule has 1 atom stereocenters. The molecule has 1 rings (SSSR count). The largest absolute Gasteiger partial charge is 0.337 e. The number of rotatable bonds is 0. The molecule has 1 heterocycles. The van der Waals surface area contributed by atoms with Crippen LogP contribution in [0.25, 0.3) is 0 Å². The molecule has 0 aromatic heterocycles. The van der Waals surface area contributed by atoms with Crippen LogP contribution >= 0.6 is 0 Å². The fourth-order valence-corrected chi connectivity index (χ4v) is 1.42. The van der Waals surface area contributed by atoms with Gasteiger partial charge in [-0.2, -0.15) is 0 Å². The standard InChI is InChI=1S/C8H16N4O2/c1-6(13)10-11-8(14)12-5-3-2-4-7(12)9/h7H,2-5,9H2,1H3,(H,10,13)(H,11,14). The van der Waals surface area contributed by atoms with Crippen LogP contribution in [0.1, 0.15) is 26.2 Å². The monoisotopic (exact) mass is 200 g/mol. The minimum absolute atomic E-state index is 0.238. The lowest BCUT2D eigenvalue weighted by molar-refractivity contribution is -0.119. The molecule has 0 bridgehead atoms. The third kappa shape index (κ3) is 2.88. The van der Waals surface area contributed by atoms with Gasteiger partial charge in [-0.25, -0.2) is 10.2 Å². The summed E-state index contributed by atoms with van der Waals surface area (Å²) in [5.41, 5.74) is 10.3. The van der Waals surface area contributed by atoms with E-state index in [1.54, 1.807) is 0 Å². The molecule has 4 N–H and O–H groups in total. The number of nitrogens with zero attached hydrogens (tertiary/aromatic N) is 1. The van der Waals surface area contributed by atoms with Crippen LogP contribution in [0.5, 0.6) is 0 Å². The fourth-order valence-electron chi connectivity index (χ4n) is 1.42. The van der Waals surface area contributed by atoms with E-state index in [-0.39, 0.29) is 18.1 Å². The van der Waals surface area contributed by atoms with E-state index in [2.05, 4.69) is 10.9 Å². The number of hydrazine groups is 1. The van der Waals surface area contributed by atoms with Gasteiger partial charge in [0, 0.05) is 13.5 Å². The van der Waals surface area contributed by atoms with Crippen LogP contribution in [0.2, 0.25) is 0 Å². The van der Waals surface area contributed by atoms with Gasteiger partial charge >= 0.3 is 6.03 Å². The van der Waals surface area contributed by atoms with Crippen molar-refractivity contribution in [2.24, 2.45) is 5.73 Å². The van der Waals surface area contributed by atoms with Gasteiger partial charge in [0.15, 0.2) is 0 Å². The van der Waals surface area contributed by atoms with Crippen molar-refractivity contribution < 1.29 is 9.59 Å². The first kappa shape index (κ1) is 10.8. The van der Waals surface area contributed by atoms with Crippen LogP contribution < -0.4 is 16.6 Å². The van der Waals surface area contributed by atoms with Crippen LogP contribution in [0.15, 0.2) is 0 Å². The first-order chi connectivity index (χ1) is 6.61. The van der Waals surface area contributed by atoms with Crippen molar-refractivity contribution in [3.63, 3.8) is 0 Å². The number of likely N-dealkylation sites (tertiary alicyclic amines) is 1. The molecule has 3 amide bonds. The lowest BCUT2D eigenvalue weighted by atomic mass is 10.1. The molecule has 1 aliphatic heterocycles. The number of amides is 3. The number of hydrogen-bond donors (Lipinski definition) is 3. The fraction of sp³-hybridized carbons (Fsp3) is 0.750. The molecule has 1 saturated heterocycles. The van der Waals surface area contributed by atoms with Gasteiger partial charge in [-0.05, 0) is 19.3 Å². The van der Waals surface area contributed by atoms with Gasteiger partial charge in [0.05, 0.1) is 6.17 Å². The second kappa shape index (κ2) is 4.80. The SMILES string of the molecule is CC(=O)NNC(=O)N1CCCCC1N. The Kier molecular flexibility index (Phi) is 3.70. The molecule has 6 nitrogen and oxygen atoms in total. The van der Waals surface area contributed by atoms with Gasteiger partial charge in [-0.1, -0.05) is 0 Å². The first-order valence-corrected chi connectivity index (χ1v) is 4.70. The van der Waals surface area contributed by atoms with Crippen molar-refractivity contribution in [1.29, 1.82) is 0 Å². The predicted octanol–water partition coefficient (Wildman–Crippen LogP) is -0.482. The highest BCUT2D eigenvalue weighted by molar-refractivity contribution is 5.79. The molecule has 1 aliphatic rings. The Morgan fingerprint density at radius 3 is 2.64 bits per heavy atom. The molecule has 0 saturated carbocycles. The average molecular weight is 200 g/mol. The van der Waals surface area contributed by atoms with E-state index >= 15 is 0 Å². The number of nitrogens with two attached hydrogens (primary N) is 1. The highest BCUT2D eigenvalue weighted by Crippen LogP contribution is 2.12. The first-order valence-electron chi connectivity index (χ1n) is 4.70. The summed E-state index contributed by atoms with van der Waals surface area (Å²) in [6.07, 6.45) is 2.58. The maximum Gasteiger partial charge on any atom is 0.337 e. The van der Waals surface area contributed by atoms with E-state index in [0.29, 0.717) is 6.54 Å². The number of hydrogen-bond acceptors (Lipinski definition) is 3. The molecule has 0 spiro atoms. The summed E-state index contributed by atoms with van der Waals surface area (Å²) in [4.78, 5) is 23.5. The van der Waals surface area contributed by atoms with Gasteiger partial charge in [0.1, 0.15) is 0 Å². The third-order valence-electron chi connectivity index (χ3n) is 2.16. The molecule has 80 valence electrons. The van der Waals surface area contributed by atoms with Crippen LogP contribution in [0.4, 0.5) is 4.79 Å². The zero-order chi connectivity index (χ0) is 10.6. The maximum absolute atomic E-state index is 11.4. The molecule has 1 unspecified atom stereocenters. The second-order valence-electron chi connectivity index (χ2n) is 3.37. The van der Waals surface area contributed by atoms with E-state index in [1.807, 2.05) is 0 Å². The summed E-state index contributed by atoms with van der Waals surface area (Å²) in [6.45, 7) is 1.98. The summed E-state index contributed by atoms with van der Waals surface area (Å²) >= 11 is 0. The second-order valence-corrected chi connectivity index (χ2v) is 3.37. The van der Waals surface area contributed by atoms with Gasteiger partial charge < -0.3 is 10.6 Å². The normalized spacial score (nSPS) is 21.6. The summed E-state index contributed by atoms with van der Waals surface area (Å²) in [5, 5.41) is 0. The molecule has 0 aliphatic carbocycles. The molecule has 0 radical (unpaired) electrons. The number of nitrogens with one attached hydrogen (secondary N) is 2. The molecular formula is C8H16N4O2. The number of carbonyl (C=O) groups excluding carboxylic acids is 2. The third-order valence-corrected chi connectivity index (χ3v) is 2.16. The van der Waals surface area contributed by atoms with Crippen molar-refractivity contribution in [3.8, 4) is 0 Å². The van der Waals surface area contributed by atoms with Gasteiger partial charge in [0.25, 0.3) is 0 Å². The van der Waals surface area contributed by atoms with E-state index in [9.17, 15) is 9.59 Å². The molecule has 0 aromatic carbocycles. The van der Waals surface area contributed by atoms with Crippen LogP contribution in [-0.2, 0) is 4.79 Å². The zero-order valence-electron chi connectivity index (χ0n) is 8.25. The lowest BCUT2D eigenvalue weighted by Gasteiger charge is -2.32. The molecule has 14 heavy (non-hydrogen) atoms. The Morgan fingerprint density at radius 1 is 1.36 bits per heavy atom. The molecule has 6 heteroatoms. The summed E-state index contributed by atoms with van der Waals surface area (Å²) in [5.74, 6) is -0.302. The van der Waals surface area contributed by atoms with E-state index in [0.717, 1.165) is 19.3 Å². The van der Waals surface area contributed by atoms with Crippen molar-refractivity contribution in [2.45, 2.75) is 32.4 Å². The topological polar surface area (TPSA) is 87.5 Å². The Bertz CT molecular complexity index is 231. The zero-order valence-corrected chi connectivity index (χ0v) is 8.25. The maximum atomic E-state index is 11.4. The Balaban J connectivity index is 2.38. The summed E-state index contributed by atoms with van der Waals surface area (Å²) < 4.78 is 0. The van der Waals surface area contributed by atoms with E-state index < -0.39 is 0 Å². The molecule has 0 aromatic rings. The number of piperidine rings is 1. The average Bonchev–Trinajstić information content (AvgIpc) is 2.15. The minimum Gasteiger partial charge on any atom is -0.311 e. The highest BCUT2D eigenvalue weighted by Gasteiger charge is 2.23. The Morgan fingerprint density at radius 2 is 2.07 bits per heavy atom. The number of urea groups is 1. The van der Waals surface area contributed by atoms with Crippen molar-refractivity contribution in [2.75, 3.05) is 6.54 Å². The van der Waals surface area contributed by atoms with Crippen LogP contribution in [-0.4, -0.2) is 29.5 Å². The van der Waals surface area contributed by atoms with Crippen molar-refractivity contribution in [3.05, 3.63) is 0 Å². The van der Waals surface area contributed by atoms with Gasteiger partial charge in [-0.3, -0.25) is 10.2 Å². The predicted molar refractivity (Wildman–Crippen MR) is 50.9 cm³/mol. The quantitative estimate of drug-likeness (QED) is 0.461. The van der Waals surface area contributed by atoms with Crippen molar-refractivity contribution >= 4 is 11.9 Å². The number of carbonyl (C=O) groups is 2. The van der Waals surface area contributed by atoms with Crippen molar-refractivity contribution in [1.82, 2.24) is 15.8 Å². The van der Waals surface area contributed by atoms with Gasteiger partial charge in [-0.15, -0.1) is 0 Å². The highest BCUT2D eigenvalue weighted by atomic mass is 16.2. The lowest BCUT2D eigenvalue weighted by Crippen LogP contribution is -2.55. The minimum atomic E-state index is -0.340. The Labute approximate surface area is 82.8 Å². The Hall–Kier alpha value is -1.30. The van der Waals surface area contributed by atoms with Crippen LogP contribution in [0.3, 0.4) is 0 Å². The van der Waals surface area contributed by atoms with E-state index in [4.69, 9.17) is 5.73 Å². The van der Waals surface area contributed by atoms with E-state index in [1.165, 1.54) is 11.8 Å². The smallest absolute Gasteiger partial charge is 0.311 e. The molecule has 1 fully saturated rings. The van der Waals surface area contributed by atoms with Gasteiger partial charge in [0.2, 0.25) is 5.91 Å². The summed E-state index contributed by atoms with van der Waals surface area (Å²) in [7, 11) is 0. The summed E-state index contributed by atoms with van der Waals surface area (Å²) in [6, 6.07) is -0.340. The molecular weight excluding hydrogens is 184 g/mol.